The molecule has 1 aromatic carbocycles. The Hall–Kier alpha value is -1.33. The van der Waals surface area contributed by atoms with Crippen molar-refractivity contribution in [2.45, 2.75) is 19.4 Å². The summed E-state index contributed by atoms with van der Waals surface area (Å²) in [5, 5.41) is 0. The maximum Gasteiger partial charge on any atom is 0.226 e. The third kappa shape index (κ3) is 5.89. The molecule has 108 valence electrons. The van der Waals surface area contributed by atoms with E-state index in [1.807, 2.05) is 6.92 Å². The van der Waals surface area contributed by atoms with E-state index in [9.17, 15) is 9.18 Å². The van der Waals surface area contributed by atoms with Gasteiger partial charge in [0, 0.05) is 19.6 Å². The monoisotopic (exact) mass is 290 g/mol. The van der Waals surface area contributed by atoms with Crippen LogP contribution in [0.4, 0.5) is 4.39 Å². The summed E-state index contributed by atoms with van der Waals surface area (Å²) in [6.07, 6.45) is 0.276. The number of carbonyl (C=O) groups is 1. The molecule has 0 saturated carbocycles. The Morgan fingerprint density at radius 3 is 2.53 bits per heavy atom. The van der Waals surface area contributed by atoms with E-state index in [0.717, 1.165) is 0 Å². The second-order valence-electron chi connectivity index (χ2n) is 4.14. The average Bonchev–Trinajstić information content (AvgIpc) is 2.39. The highest BCUT2D eigenvalue weighted by molar-refractivity contribution is 5.85. The third-order valence-corrected chi connectivity index (χ3v) is 2.79. The van der Waals surface area contributed by atoms with Gasteiger partial charge in [-0.1, -0.05) is 0 Å². The average molecular weight is 291 g/mol. The van der Waals surface area contributed by atoms with Crippen LogP contribution in [0.1, 0.15) is 13.3 Å². The Morgan fingerprint density at radius 2 is 2.00 bits per heavy atom. The van der Waals surface area contributed by atoms with Crippen molar-refractivity contribution >= 4 is 18.3 Å². The minimum absolute atomic E-state index is 0. The molecular formula is C13H20ClFN2O2. The number of halogens is 2. The van der Waals surface area contributed by atoms with Crippen LogP contribution in [-0.2, 0) is 4.79 Å². The summed E-state index contributed by atoms with van der Waals surface area (Å²) < 4.78 is 18.0. The van der Waals surface area contributed by atoms with Gasteiger partial charge in [-0.05, 0) is 31.2 Å². The van der Waals surface area contributed by atoms with Crippen molar-refractivity contribution in [1.82, 2.24) is 4.90 Å². The van der Waals surface area contributed by atoms with Gasteiger partial charge in [0.15, 0.2) is 0 Å². The van der Waals surface area contributed by atoms with Gasteiger partial charge in [-0.2, -0.15) is 0 Å². The maximum absolute atomic E-state index is 12.6. The molecule has 1 amide bonds. The minimum atomic E-state index is -0.310. The van der Waals surface area contributed by atoms with E-state index in [4.69, 9.17) is 10.5 Å². The summed E-state index contributed by atoms with van der Waals surface area (Å²) in [5.74, 6) is 0.226. The van der Waals surface area contributed by atoms with Crippen LogP contribution in [0, 0.1) is 5.82 Å². The lowest BCUT2D eigenvalue weighted by atomic mass is 10.2. The van der Waals surface area contributed by atoms with Gasteiger partial charge in [-0.25, -0.2) is 4.39 Å². The van der Waals surface area contributed by atoms with Crippen LogP contribution >= 0.6 is 12.4 Å². The second-order valence-corrected chi connectivity index (χ2v) is 4.14. The van der Waals surface area contributed by atoms with Gasteiger partial charge in [0.1, 0.15) is 11.6 Å². The lowest BCUT2D eigenvalue weighted by molar-refractivity contribution is -0.132. The fourth-order valence-electron chi connectivity index (χ4n) is 1.37. The molecule has 0 aliphatic carbocycles. The van der Waals surface area contributed by atoms with Crippen molar-refractivity contribution in [3.8, 4) is 5.75 Å². The molecule has 2 N–H and O–H groups in total. The number of nitrogens with two attached hydrogens (primary N) is 1. The molecule has 1 atom stereocenters. The summed E-state index contributed by atoms with van der Waals surface area (Å²) in [6, 6.07) is 5.72. The Labute approximate surface area is 119 Å². The van der Waals surface area contributed by atoms with E-state index in [1.165, 1.54) is 24.3 Å². The molecule has 1 aromatic rings. The van der Waals surface area contributed by atoms with E-state index in [1.54, 1.807) is 11.9 Å². The van der Waals surface area contributed by atoms with Crippen LogP contribution in [0.2, 0.25) is 0 Å². The highest BCUT2D eigenvalue weighted by Crippen LogP contribution is 2.11. The number of carbonyl (C=O) groups excluding carboxylic acids is 1. The predicted molar refractivity (Wildman–Crippen MR) is 75.0 cm³/mol. The smallest absolute Gasteiger partial charge is 0.226 e. The Bertz CT molecular complexity index is 387. The minimum Gasteiger partial charge on any atom is -0.493 e. The van der Waals surface area contributed by atoms with E-state index in [2.05, 4.69) is 0 Å². The van der Waals surface area contributed by atoms with Crippen molar-refractivity contribution in [2.75, 3.05) is 20.2 Å². The topological polar surface area (TPSA) is 55.6 Å². The van der Waals surface area contributed by atoms with Crippen molar-refractivity contribution in [1.29, 1.82) is 0 Å². The van der Waals surface area contributed by atoms with Crippen LogP contribution in [0.3, 0.4) is 0 Å². The molecule has 0 fully saturated rings. The molecule has 0 heterocycles. The van der Waals surface area contributed by atoms with E-state index >= 15 is 0 Å². The number of benzene rings is 1. The predicted octanol–water partition coefficient (Wildman–Crippen LogP) is 1.82. The van der Waals surface area contributed by atoms with Crippen LogP contribution in [0.15, 0.2) is 24.3 Å². The number of nitrogens with zero attached hydrogens (tertiary/aromatic N) is 1. The number of likely N-dealkylation sites (N-methyl/N-ethyl adjacent to an activating group) is 1. The first kappa shape index (κ1) is 17.7. The van der Waals surface area contributed by atoms with Crippen molar-refractivity contribution in [2.24, 2.45) is 5.73 Å². The zero-order valence-corrected chi connectivity index (χ0v) is 12.0. The van der Waals surface area contributed by atoms with Gasteiger partial charge < -0.3 is 15.4 Å². The van der Waals surface area contributed by atoms with Crippen molar-refractivity contribution in [3.63, 3.8) is 0 Å². The Kier molecular flexibility index (Phi) is 8.11. The molecule has 0 aliphatic heterocycles. The van der Waals surface area contributed by atoms with E-state index in [-0.39, 0.29) is 43.2 Å². The number of ether oxygens (including phenoxy) is 1. The fourth-order valence-corrected chi connectivity index (χ4v) is 1.37. The zero-order valence-electron chi connectivity index (χ0n) is 11.1. The molecule has 0 saturated heterocycles. The lowest BCUT2D eigenvalue weighted by Crippen LogP contribution is -2.40. The molecule has 6 heteroatoms. The highest BCUT2D eigenvalue weighted by atomic mass is 35.5. The van der Waals surface area contributed by atoms with E-state index in [0.29, 0.717) is 12.3 Å². The molecule has 0 bridgehead atoms. The van der Waals surface area contributed by atoms with E-state index < -0.39 is 0 Å². The quantitative estimate of drug-likeness (QED) is 0.869. The van der Waals surface area contributed by atoms with Crippen LogP contribution in [-0.4, -0.2) is 37.0 Å². The summed E-state index contributed by atoms with van der Waals surface area (Å²) in [5.41, 5.74) is 5.48. The van der Waals surface area contributed by atoms with Crippen LogP contribution < -0.4 is 10.5 Å². The molecule has 0 radical (unpaired) electrons. The molecule has 19 heavy (non-hydrogen) atoms. The van der Waals surface area contributed by atoms with Crippen LogP contribution in [0.25, 0.3) is 0 Å². The third-order valence-electron chi connectivity index (χ3n) is 2.79. The standard InChI is InChI=1S/C13H19FN2O2.ClH/c1-10(9-15)16(2)13(17)7-8-18-12-5-3-11(14)4-6-12;/h3-6,10H,7-9,15H2,1-2H3;1H. The van der Waals surface area contributed by atoms with Crippen molar-refractivity contribution in [3.05, 3.63) is 30.1 Å². The molecule has 1 unspecified atom stereocenters. The SMILES string of the molecule is CC(CN)N(C)C(=O)CCOc1ccc(F)cc1.Cl. The number of amides is 1. The number of rotatable bonds is 6. The normalized spacial score (nSPS) is 11.4. The second kappa shape index (κ2) is 8.72. The molecule has 0 spiro atoms. The van der Waals surface area contributed by atoms with Gasteiger partial charge in [0.25, 0.3) is 0 Å². The molecule has 4 nitrogen and oxygen atoms in total. The Balaban J connectivity index is 0.00000324. The van der Waals surface area contributed by atoms with Gasteiger partial charge in [-0.3, -0.25) is 4.79 Å². The zero-order chi connectivity index (χ0) is 13.5. The first-order valence-corrected chi connectivity index (χ1v) is 5.88. The summed E-state index contributed by atoms with van der Waals surface area (Å²) in [6.45, 7) is 2.59. The fraction of sp³-hybridized carbons (Fsp3) is 0.462. The number of hydrogen-bond donors (Lipinski definition) is 1. The largest absolute Gasteiger partial charge is 0.493 e. The van der Waals surface area contributed by atoms with Gasteiger partial charge >= 0.3 is 0 Å². The first-order valence-electron chi connectivity index (χ1n) is 5.88. The molecular weight excluding hydrogens is 271 g/mol. The first-order chi connectivity index (χ1) is 8.54. The van der Waals surface area contributed by atoms with Crippen molar-refractivity contribution < 1.29 is 13.9 Å². The number of hydrogen-bond acceptors (Lipinski definition) is 3. The molecule has 1 rings (SSSR count). The summed E-state index contributed by atoms with van der Waals surface area (Å²) in [7, 11) is 1.72. The van der Waals surface area contributed by atoms with Gasteiger partial charge in [-0.15, -0.1) is 12.4 Å². The molecule has 0 aromatic heterocycles. The van der Waals surface area contributed by atoms with Gasteiger partial charge in [0.2, 0.25) is 5.91 Å². The Morgan fingerprint density at radius 1 is 1.42 bits per heavy atom. The lowest BCUT2D eigenvalue weighted by Gasteiger charge is -2.23. The summed E-state index contributed by atoms with van der Waals surface area (Å²) >= 11 is 0. The van der Waals surface area contributed by atoms with Gasteiger partial charge in [0.05, 0.1) is 13.0 Å². The summed E-state index contributed by atoms with van der Waals surface area (Å²) in [4.78, 5) is 13.3. The maximum atomic E-state index is 12.6. The van der Waals surface area contributed by atoms with Crippen LogP contribution in [0.5, 0.6) is 5.75 Å². The molecule has 0 aliphatic rings. The highest BCUT2D eigenvalue weighted by Gasteiger charge is 2.13.